The Bertz CT molecular complexity index is 239. The number of alkyl halides is 1. The van der Waals surface area contributed by atoms with Crippen molar-refractivity contribution in [3.05, 3.63) is 0 Å². The van der Waals surface area contributed by atoms with E-state index in [0.717, 1.165) is 0 Å². The molecule has 0 heterocycles. The first-order valence-electron chi connectivity index (χ1n) is 3.54. The molecule has 4 nitrogen and oxygen atoms in total. The van der Waals surface area contributed by atoms with Crippen molar-refractivity contribution in [3.8, 4) is 12.3 Å². The molecule has 0 spiro atoms. The first kappa shape index (κ1) is 11.4. The molecule has 0 unspecified atom stereocenters. The number of unbranched alkanes of at least 4 members (excludes halogenated alkanes) is 1. The minimum atomic E-state index is -3.21. The van der Waals surface area contributed by atoms with Crippen LogP contribution in [0.2, 0.25) is 0 Å². The van der Waals surface area contributed by atoms with Gasteiger partial charge in [-0.1, -0.05) is 0 Å². The lowest BCUT2D eigenvalue weighted by Crippen LogP contribution is -2.42. The van der Waals surface area contributed by atoms with Gasteiger partial charge in [0.25, 0.3) is 0 Å². The van der Waals surface area contributed by atoms with Crippen LogP contribution in [0, 0.1) is 12.3 Å². The maximum atomic E-state index is 13.1. The quantitative estimate of drug-likeness (QED) is 0.377. The van der Waals surface area contributed by atoms with E-state index in [1.165, 1.54) is 0 Å². The van der Waals surface area contributed by atoms with Gasteiger partial charge < -0.3 is 10.2 Å². The molecule has 0 aliphatic rings. The lowest BCUT2D eigenvalue weighted by Gasteiger charge is -2.14. The number of carbonyl (C=O) groups is 2. The summed E-state index contributed by atoms with van der Waals surface area (Å²) in [5, 5.41) is 16.6. The first-order valence-corrected chi connectivity index (χ1v) is 3.54. The molecule has 0 atom stereocenters. The summed E-state index contributed by atoms with van der Waals surface area (Å²) in [6.45, 7) is 0. The van der Waals surface area contributed by atoms with Gasteiger partial charge in [-0.05, 0) is 6.42 Å². The topological polar surface area (TPSA) is 74.6 Å². The number of carboxylic acids is 2. The number of rotatable bonds is 5. The molecule has 0 aromatic heterocycles. The van der Waals surface area contributed by atoms with Crippen LogP contribution in [0.5, 0.6) is 0 Å². The van der Waals surface area contributed by atoms with Gasteiger partial charge in [-0.25, -0.2) is 14.0 Å². The maximum Gasteiger partial charge on any atom is 0.353 e. The van der Waals surface area contributed by atoms with E-state index in [1.807, 2.05) is 0 Å². The molecule has 5 heteroatoms. The number of hydrogen-bond acceptors (Lipinski definition) is 2. The van der Waals surface area contributed by atoms with Crippen LogP contribution in [0.3, 0.4) is 0 Å². The summed E-state index contributed by atoms with van der Waals surface area (Å²) in [6, 6.07) is 0. The molecule has 0 aromatic carbocycles. The second-order valence-corrected chi connectivity index (χ2v) is 2.47. The Kier molecular flexibility index (Phi) is 3.92. The SMILES string of the molecule is C#CCCCC(F)(C(=O)O)C(=O)O. The lowest BCUT2D eigenvalue weighted by molar-refractivity contribution is -0.167. The zero-order valence-corrected chi connectivity index (χ0v) is 6.79. The standard InChI is InChI=1S/C8H9FO4/c1-2-3-4-5-8(9,6(10)11)7(12)13/h1H,3-5H2,(H,10,11)(H,12,13). The molecule has 0 bridgehead atoms. The van der Waals surface area contributed by atoms with Crippen LogP contribution in [-0.4, -0.2) is 27.8 Å². The van der Waals surface area contributed by atoms with E-state index in [-0.39, 0.29) is 12.8 Å². The van der Waals surface area contributed by atoms with Crippen LogP contribution in [0.25, 0.3) is 0 Å². The fourth-order valence-electron chi connectivity index (χ4n) is 0.739. The second kappa shape index (κ2) is 4.45. The van der Waals surface area contributed by atoms with E-state index in [1.54, 1.807) is 0 Å². The van der Waals surface area contributed by atoms with Gasteiger partial charge in [0.15, 0.2) is 0 Å². The molecule has 72 valence electrons. The van der Waals surface area contributed by atoms with E-state index >= 15 is 0 Å². The highest BCUT2D eigenvalue weighted by Gasteiger charge is 2.46. The predicted molar refractivity (Wildman–Crippen MR) is 41.8 cm³/mol. The molecular weight excluding hydrogens is 179 g/mol. The molecule has 0 saturated heterocycles. The van der Waals surface area contributed by atoms with Crippen molar-refractivity contribution in [2.45, 2.75) is 24.9 Å². The van der Waals surface area contributed by atoms with Crippen molar-refractivity contribution >= 4 is 11.9 Å². The summed E-state index contributed by atoms with van der Waals surface area (Å²) < 4.78 is 13.1. The number of hydrogen-bond donors (Lipinski definition) is 2. The monoisotopic (exact) mass is 188 g/mol. The summed E-state index contributed by atoms with van der Waals surface area (Å²) in [7, 11) is 0. The highest BCUT2D eigenvalue weighted by atomic mass is 19.1. The summed E-state index contributed by atoms with van der Waals surface area (Å²) in [5.74, 6) is -1.81. The third-order valence-corrected chi connectivity index (χ3v) is 1.52. The van der Waals surface area contributed by atoms with Gasteiger partial charge >= 0.3 is 17.6 Å². The Balaban J connectivity index is 4.36. The van der Waals surface area contributed by atoms with Crippen molar-refractivity contribution < 1.29 is 24.2 Å². The Morgan fingerprint density at radius 2 is 1.85 bits per heavy atom. The highest BCUT2D eigenvalue weighted by molar-refractivity contribution is 6.01. The third-order valence-electron chi connectivity index (χ3n) is 1.52. The fraction of sp³-hybridized carbons (Fsp3) is 0.500. The molecular formula is C8H9FO4. The molecule has 2 N–H and O–H groups in total. The van der Waals surface area contributed by atoms with Crippen LogP contribution in [0.4, 0.5) is 4.39 Å². The number of halogens is 1. The maximum absolute atomic E-state index is 13.1. The van der Waals surface area contributed by atoms with Gasteiger partial charge in [0, 0.05) is 12.8 Å². The van der Waals surface area contributed by atoms with Crippen LogP contribution >= 0.6 is 0 Å². The van der Waals surface area contributed by atoms with Crippen LogP contribution < -0.4 is 0 Å². The van der Waals surface area contributed by atoms with Gasteiger partial charge in [-0.2, -0.15) is 0 Å². The molecule has 0 aliphatic carbocycles. The average Bonchev–Trinajstić information content (AvgIpc) is 2.03. The van der Waals surface area contributed by atoms with E-state index in [4.69, 9.17) is 16.6 Å². The molecule has 0 radical (unpaired) electrons. The number of aliphatic carboxylic acids is 2. The zero-order valence-electron chi connectivity index (χ0n) is 6.79. The van der Waals surface area contributed by atoms with Crippen molar-refractivity contribution in [2.24, 2.45) is 0 Å². The molecule has 0 aromatic rings. The Morgan fingerprint density at radius 1 is 1.38 bits per heavy atom. The molecule has 0 aliphatic heterocycles. The van der Waals surface area contributed by atoms with Gasteiger partial charge in [0.1, 0.15) is 0 Å². The highest BCUT2D eigenvalue weighted by Crippen LogP contribution is 2.20. The number of terminal acetylenes is 1. The van der Waals surface area contributed by atoms with Gasteiger partial charge in [-0.15, -0.1) is 12.3 Å². The third kappa shape index (κ3) is 2.75. The lowest BCUT2D eigenvalue weighted by atomic mass is 9.99. The van der Waals surface area contributed by atoms with E-state index in [9.17, 15) is 14.0 Å². The summed E-state index contributed by atoms with van der Waals surface area (Å²) in [5.41, 5.74) is -3.21. The first-order chi connectivity index (χ1) is 5.95. The van der Waals surface area contributed by atoms with E-state index < -0.39 is 24.0 Å². The minimum Gasteiger partial charge on any atom is -0.478 e. The molecule has 0 rings (SSSR count). The number of carboxylic acid groups (broad SMARTS) is 2. The average molecular weight is 188 g/mol. The Hall–Kier alpha value is -1.57. The van der Waals surface area contributed by atoms with Crippen molar-refractivity contribution in [2.75, 3.05) is 0 Å². The summed E-state index contributed by atoms with van der Waals surface area (Å²) in [6.07, 6.45) is 4.43. The van der Waals surface area contributed by atoms with Crippen LogP contribution in [0.15, 0.2) is 0 Å². The molecule has 0 amide bonds. The summed E-state index contributed by atoms with van der Waals surface area (Å²) in [4.78, 5) is 20.5. The van der Waals surface area contributed by atoms with Crippen molar-refractivity contribution in [1.82, 2.24) is 0 Å². The molecule has 0 fully saturated rings. The van der Waals surface area contributed by atoms with Gasteiger partial charge in [0.05, 0.1) is 0 Å². The molecule has 0 saturated carbocycles. The summed E-state index contributed by atoms with van der Waals surface area (Å²) >= 11 is 0. The van der Waals surface area contributed by atoms with Crippen molar-refractivity contribution in [3.63, 3.8) is 0 Å². The van der Waals surface area contributed by atoms with Gasteiger partial charge in [-0.3, -0.25) is 0 Å². The predicted octanol–water partition coefficient (Wildman–Crippen LogP) is 0.667. The zero-order chi connectivity index (χ0) is 10.5. The van der Waals surface area contributed by atoms with E-state index in [0.29, 0.717) is 0 Å². The fourth-order valence-corrected chi connectivity index (χ4v) is 0.739. The second-order valence-electron chi connectivity index (χ2n) is 2.47. The Labute approximate surface area is 74.4 Å². The van der Waals surface area contributed by atoms with E-state index in [2.05, 4.69) is 5.92 Å². The minimum absolute atomic E-state index is 0.0333. The normalized spacial score (nSPS) is 10.5. The van der Waals surface area contributed by atoms with Crippen molar-refractivity contribution in [1.29, 1.82) is 0 Å². The van der Waals surface area contributed by atoms with Crippen LogP contribution in [-0.2, 0) is 9.59 Å². The largest absolute Gasteiger partial charge is 0.478 e. The van der Waals surface area contributed by atoms with Gasteiger partial charge in [0.2, 0.25) is 0 Å². The Morgan fingerprint density at radius 3 is 2.15 bits per heavy atom. The van der Waals surface area contributed by atoms with Crippen LogP contribution in [0.1, 0.15) is 19.3 Å². The molecule has 13 heavy (non-hydrogen) atoms. The smallest absolute Gasteiger partial charge is 0.353 e.